The highest BCUT2D eigenvalue weighted by molar-refractivity contribution is 6.06. The number of carbonyl (C=O) groups is 2. The molecule has 2 aromatic heterocycles. The van der Waals surface area contributed by atoms with Crippen molar-refractivity contribution in [2.24, 2.45) is 0 Å². The number of hydrogen-bond donors (Lipinski definition) is 2. The Morgan fingerprint density at radius 2 is 1.92 bits per heavy atom. The summed E-state index contributed by atoms with van der Waals surface area (Å²) in [4.78, 5) is 28.2. The van der Waals surface area contributed by atoms with Crippen LogP contribution in [0.1, 0.15) is 16.1 Å². The number of nitrogens with zero attached hydrogens (tertiary/aromatic N) is 1. The Kier molecular flexibility index (Phi) is 5.01. The van der Waals surface area contributed by atoms with Crippen LogP contribution in [0, 0.1) is 0 Å². The molecule has 6 heteroatoms. The van der Waals surface area contributed by atoms with Gasteiger partial charge in [0, 0.05) is 23.5 Å². The summed E-state index contributed by atoms with van der Waals surface area (Å²) in [6.45, 7) is 0. The molecule has 2 amide bonds. The summed E-state index contributed by atoms with van der Waals surface area (Å²) in [7, 11) is 0. The normalized spacial score (nSPS) is 10.6. The van der Waals surface area contributed by atoms with E-state index in [0.717, 1.165) is 0 Å². The highest BCUT2D eigenvalue weighted by Crippen LogP contribution is 2.13. The highest BCUT2D eigenvalue weighted by atomic mass is 16.3. The SMILES string of the molecule is O=C(/C=C/c1ccco1)Nc1cccc(C(=O)Nc2ccccn2)c1. The van der Waals surface area contributed by atoms with E-state index < -0.39 is 0 Å². The Morgan fingerprint density at radius 1 is 1.00 bits per heavy atom. The first-order valence-corrected chi connectivity index (χ1v) is 7.56. The van der Waals surface area contributed by atoms with Gasteiger partial charge in [-0.25, -0.2) is 4.98 Å². The number of amides is 2. The van der Waals surface area contributed by atoms with Crippen LogP contribution in [-0.2, 0) is 4.79 Å². The summed E-state index contributed by atoms with van der Waals surface area (Å²) in [5, 5.41) is 5.39. The summed E-state index contributed by atoms with van der Waals surface area (Å²) in [5.74, 6) is 0.418. The van der Waals surface area contributed by atoms with E-state index in [2.05, 4.69) is 15.6 Å². The van der Waals surface area contributed by atoms with Crippen molar-refractivity contribution >= 4 is 29.4 Å². The Balaban J connectivity index is 1.64. The largest absolute Gasteiger partial charge is 0.465 e. The highest BCUT2D eigenvalue weighted by Gasteiger charge is 2.08. The van der Waals surface area contributed by atoms with Crippen molar-refractivity contribution in [3.8, 4) is 0 Å². The molecule has 0 atom stereocenters. The van der Waals surface area contributed by atoms with Crippen LogP contribution in [0.2, 0.25) is 0 Å². The molecule has 25 heavy (non-hydrogen) atoms. The average Bonchev–Trinajstić information content (AvgIpc) is 3.15. The second-order valence-corrected chi connectivity index (χ2v) is 5.09. The van der Waals surface area contributed by atoms with E-state index >= 15 is 0 Å². The molecule has 0 saturated carbocycles. The lowest BCUT2D eigenvalue weighted by molar-refractivity contribution is -0.111. The van der Waals surface area contributed by atoms with Gasteiger partial charge in [0.15, 0.2) is 0 Å². The quantitative estimate of drug-likeness (QED) is 0.699. The van der Waals surface area contributed by atoms with Crippen molar-refractivity contribution in [2.75, 3.05) is 10.6 Å². The van der Waals surface area contributed by atoms with Crippen LogP contribution in [-0.4, -0.2) is 16.8 Å². The Hall–Kier alpha value is -3.67. The number of nitrogens with one attached hydrogen (secondary N) is 2. The molecule has 2 N–H and O–H groups in total. The van der Waals surface area contributed by atoms with Gasteiger partial charge in [0.1, 0.15) is 11.6 Å². The van der Waals surface area contributed by atoms with Crippen LogP contribution in [0.15, 0.2) is 77.6 Å². The third-order valence-corrected chi connectivity index (χ3v) is 3.24. The van der Waals surface area contributed by atoms with E-state index in [1.54, 1.807) is 66.9 Å². The molecule has 0 bridgehead atoms. The monoisotopic (exact) mass is 333 g/mol. The van der Waals surface area contributed by atoms with E-state index in [9.17, 15) is 9.59 Å². The molecule has 0 saturated heterocycles. The summed E-state index contributed by atoms with van der Waals surface area (Å²) < 4.78 is 5.12. The fraction of sp³-hybridized carbons (Fsp3) is 0. The third kappa shape index (κ3) is 4.65. The van der Waals surface area contributed by atoms with E-state index in [1.807, 2.05) is 0 Å². The zero-order valence-electron chi connectivity index (χ0n) is 13.2. The van der Waals surface area contributed by atoms with Gasteiger partial charge in [0.05, 0.1) is 6.26 Å². The van der Waals surface area contributed by atoms with Gasteiger partial charge in [-0.15, -0.1) is 0 Å². The van der Waals surface area contributed by atoms with Gasteiger partial charge in [-0.05, 0) is 48.5 Å². The minimum Gasteiger partial charge on any atom is -0.465 e. The molecule has 2 heterocycles. The van der Waals surface area contributed by atoms with E-state index in [0.29, 0.717) is 22.8 Å². The summed E-state index contributed by atoms with van der Waals surface area (Å²) in [6.07, 6.45) is 6.05. The van der Waals surface area contributed by atoms with Crippen molar-refractivity contribution in [2.45, 2.75) is 0 Å². The standard InChI is InChI=1S/C19H15N3O3/c23-18(10-9-16-7-4-12-25-16)21-15-6-3-5-14(13-15)19(24)22-17-8-1-2-11-20-17/h1-13H,(H,21,23)(H,20,22,24)/b10-9+. The van der Waals surface area contributed by atoms with E-state index in [1.165, 1.54) is 12.3 Å². The third-order valence-electron chi connectivity index (χ3n) is 3.24. The lowest BCUT2D eigenvalue weighted by Gasteiger charge is -2.07. The van der Waals surface area contributed by atoms with Gasteiger partial charge in [-0.1, -0.05) is 12.1 Å². The predicted molar refractivity (Wildman–Crippen MR) is 95.0 cm³/mol. The zero-order valence-corrected chi connectivity index (χ0v) is 13.2. The molecule has 0 unspecified atom stereocenters. The molecule has 6 nitrogen and oxygen atoms in total. The fourth-order valence-corrected chi connectivity index (χ4v) is 2.09. The molecule has 1 aromatic carbocycles. The second kappa shape index (κ2) is 7.74. The van der Waals surface area contributed by atoms with Gasteiger partial charge in [0.2, 0.25) is 5.91 Å². The molecule has 0 aliphatic heterocycles. The Morgan fingerprint density at radius 3 is 2.68 bits per heavy atom. The fourth-order valence-electron chi connectivity index (χ4n) is 2.09. The first-order valence-electron chi connectivity index (χ1n) is 7.56. The summed E-state index contributed by atoms with van der Waals surface area (Å²) >= 11 is 0. The summed E-state index contributed by atoms with van der Waals surface area (Å²) in [6, 6.07) is 15.4. The van der Waals surface area contributed by atoms with Gasteiger partial charge in [-0.2, -0.15) is 0 Å². The van der Waals surface area contributed by atoms with E-state index in [-0.39, 0.29) is 11.8 Å². The topological polar surface area (TPSA) is 84.2 Å². The number of hydrogen-bond acceptors (Lipinski definition) is 4. The van der Waals surface area contributed by atoms with Crippen molar-refractivity contribution in [1.82, 2.24) is 4.98 Å². The molecule has 0 fully saturated rings. The Labute approximate surface area is 144 Å². The lowest BCUT2D eigenvalue weighted by Crippen LogP contribution is -2.14. The molecule has 0 radical (unpaired) electrons. The molecular weight excluding hydrogens is 318 g/mol. The van der Waals surface area contributed by atoms with Gasteiger partial charge in [-0.3, -0.25) is 9.59 Å². The number of rotatable bonds is 5. The number of carbonyl (C=O) groups excluding carboxylic acids is 2. The maximum absolute atomic E-state index is 12.2. The maximum atomic E-state index is 12.2. The number of pyridine rings is 1. The first kappa shape index (κ1) is 16.2. The smallest absolute Gasteiger partial charge is 0.256 e. The molecule has 0 aliphatic carbocycles. The van der Waals surface area contributed by atoms with Crippen LogP contribution >= 0.6 is 0 Å². The molecule has 0 aliphatic rings. The predicted octanol–water partition coefficient (Wildman–Crippen LogP) is 3.58. The minimum absolute atomic E-state index is 0.305. The number of aromatic nitrogens is 1. The number of furan rings is 1. The number of benzene rings is 1. The molecule has 124 valence electrons. The number of anilines is 2. The van der Waals surface area contributed by atoms with E-state index in [4.69, 9.17) is 4.42 Å². The summed E-state index contributed by atoms with van der Waals surface area (Å²) in [5.41, 5.74) is 0.932. The Bertz CT molecular complexity index is 887. The van der Waals surface area contributed by atoms with Crippen LogP contribution in [0.3, 0.4) is 0 Å². The molecule has 3 aromatic rings. The maximum Gasteiger partial charge on any atom is 0.256 e. The van der Waals surface area contributed by atoms with Crippen LogP contribution in [0.5, 0.6) is 0 Å². The van der Waals surface area contributed by atoms with Crippen LogP contribution in [0.25, 0.3) is 6.08 Å². The average molecular weight is 333 g/mol. The van der Waals surface area contributed by atoms with Gasteiger partial charge < -0.3 is 15.1 Å². The van der Waals surface area contributed by atoms with Crippen molar-refractivity contribution in [3.63, 3.8) is 0 Å². The van der Waals surface area contributed by atoms with Crippen molar-refractivity contribution < 1.29 is 14.0 Å². The zero-order chi connectivity index (χ0) is 17.5. The molecule has 3 rings (SSSR count). The molecular formula is C19H15N3O3. The van der Waals surface area contributed by atoms with Crippen LogP contribution in [0.4, 0.5) is 11.5 Å². The van der Waals surface area contributed by atoms with Crippen molar-refractivity contribution in [3.05, 3.63) is 84.5 Å². The lowest BCUT2D eigenvalue weighted by atomic mass is 10.2. The first-order chi connectivity index (χ1) is 12.2. The molecule has 0 spiro atoms. The van der Waals surface area contributed by atoms with Gasteiger partial charge in [0.25, 0.3) is 5.91 Å². The second-order valence-electron chi connectivity index (χ2n) is 5.09. The van der Waals surface area contributed by atoms with Crippen LogP contribution < -0.4 is 10.6 Å². The minimum atomic E-state index is -0.321. The van der Waals surface area contributed by atoms with Gasteiger partial charge >= 0.3 is 0 Å². The van der Waals surface area contributed by atoms with Crippen molar-refractivity contribution in [1.29, 1.82) is 0 Å².